The van der Waals surface area contributed by atoms with E-state index < -0.39 is 0 Å². The number of aromatic nitrogens is 3. The quantitative estimate of drug-likeness (QED) is 0.272. The molecule has 0 unspecified atom stereocenters. The summed E-state index contributed by atoms with van der Waals surface area (Å²) in [7, 11) is 0. The number of anilines is 1. The second-order valence-corrected chi connectivity index (χ2v) is 11.6. The van der Waals surface area contributed by atoms with Crippen molar-refractivity contribution in [2.45, 2.75) is 59.4 Å². The number of Topliss-reactive ketones (excluding diaryl/α,β-unsaturated/α-hetero) is 1. The summed E-state index contributed by atoms with van der Waals surface area (Å²) in [5.41, 5.74) is 3.50. The summed E-state index contributed by atoms with van der Waals surface area (Å²) in [6.07, 6.45) is 6.66. The highest BCUT2D eigenvalue weighted by molar-refractivity contribution is 5.95. The Hall–Kier alpha value is -3.84. The van der Waals surface area contributed by atoms with Crippen molar-refractivity contribution >= 4 is 22.5 Å². The number of carbonyl (C=O) groups is 1. The Morgan fingerprint density at radius 3 is 2.72 bits per heavy atom. The van der Waals surface area contributed by atoms with Gasteiger partial charge in [0.15, 0.2) is 0 Å². The van der Waals surface area contributed by atoms with Gasteiger partial charge in [0, 0.05) is 43.2 Å². The molecule has 1 saturated heterocycles. The average Bonchev–Trinajstić information content (AvgIpc) is 2.90. The number of aryl methyl sites for hydroxylation is 1. The standard InChI is InChI=1S/C32H37N5O2/c1-21-12-13-25-22(18-24(38)19-32(2,3)4)8-5-10-26(25)29(21)39-30-27(11-7-16-34-30)28-14-17-35-31(37-28)36-23-9-6-15-33-20-23/h5,7-8,10-14,16-17,23,33H,6,9,15,18-20H2,1-4H3,(H,35,36,37)/t23-/m0/s1. The molecular formula is C32H37N5O2. The van der Waals surface area contributed by atoms with E-state index in [0.29, 0.717) is 30.7 Å². The molecule has 7 heteroatoms. The third-order valence-electron chi connectivity index (χ3n) is 6.95. The number of benzene rings is 2. The molecule has 0 aliphatic carbocycles. The molecule has 5 rings (SSSR count). The number of rotatable bonds is 8. The van der Waals surface area contributed by atoms with E-state index in [-0.39, 0.29) is 11.2 Å². The van der Waals surface area contributed by atoms with Crippen LogP contribution in [0.15, 0.2) is 60.9 Å². The van der Waals surface area contributed by atoms with Crippen LogP contribution in [0.4, 0.5) is 5.95 Å². The summed E-state index contributed by atoms with van der Waals surface area (Å²) in [6, 6.07) is 16.2. The highest BCUT2D eigenvalue weighted by atomic mass is 16.5. The number of piperidine rings is 1. The summed E-state index contributed by atoms with van der Waals surface area (Å²) in [5.74, 6) is 2.05. The summed E-state index contributed by atoms with van der Waals surface area (Å²) >= 11 is 0. The van der Waals surface area contributed by atoms with E-state index in [1.165, 1.54) is 0 Å². The Kier molecular flexibility index (Phi) is 7.89. The minimum absolute atomic E-state index is 0.0361. The molecular weight excluding hydrogens is 486 g/mol. The van der Waals surface area contributed by atoms with Crippen LogP contribution in [-0.4, -0.2) is 39.9 Å². The molecule has 39 heavy (non-hydrogen) atoms. The highest BCUT2D eigenvalue weighted by Crippen LogP contribution is 2.37. The third kappa shape index (κ3) is 6.60. The van der Waals surface area contributed by atoms with Gasteiger partial charge in [-0.15, -0.1) is 0 Å². The molecule has 2 aromatic heterocycles. The maximum Gasteiger partial charge on any atom is 0.228 e. The molecule has 0 spiro atoms. The van der Waals surface area contributed by atoms with Gasteiger partial charge in [0.25, 0.3) is 0 Å². The lowest BCUT2D eigenvalue weighted by molar-refractivity contribution is -0.120. The van der Waals surface area contributed by atoms with Gasteiger partial charge in [0.05, 0.1) is 11.3 Å². The van der Waals surface area contributed by atoms with Crippen molar-refractivity contribution in [3.05, 3.63) is 72.1 Å². The molecule has 202 valence electrons. The first-order chi connectivity index (χ1) is 18.8. The molecule has 0 saturated carbocycles. The average molecular weight is 524 g/mol. The van der Waals surface area contributed by atoms with Crippen molar-refractivity contribution < 1.29 is 9.53 Å². The van der Waals surface area contributed by atoms with E-state index in [2.05, 4.69) is 47.4 Å². The molecule has 3 heterocycles. The molecule has 1 aliphatic heterocycles. The molecule has 0 amide bonds. The lowest BCUT2D eigenvalue weighted by atomic mass is 9.87. The van der Waals surface area contributed by atoms with Crippen LogP contribution in [0, 0.1) is 12.3 Å². The lowest BCUT2D eigenvalue weighted by Crippen LogP contribution is -2.38. The zero-order valence-electron chi connectivity index (χ0n) is 23.3. The largest absolute Gasteiger partial charge is 0.437 e. The summed E-state index contributed by atoms with van der Waals surface area (Å²) in [4.78, 5) is 26.6. The van der Waals surface area contributed by atoms with Crippen LogP contribution in [0.1, 0.15) is 51.2 Å². The van der Waals surface area contributed by atoms with Crippen molar-refractivity contribution in [3.8, 4) is 22.9 Å². The molecule has 1 aliphatic rings. The van der Waals surface area contributed by atoms with Gasteiger partial charge in [0.2, 0.25) is 11.8 Å². The third-order valence-corrected chi connectivity index (χ3v) is 6.95. The predicted octanol–water partition coefficient (Wildman–Crippen LogP) is 6.50. The number of ketones is 1. The maximum absolute atomic E-state index is 12.8. The first kappa shape index (κ1) is 26.8. The first-order valence-electron chi connectivity index (χ1n) is 13.7. The zero-order valence-corrected chi connectivity index (χ0v) is 23.3. The van der Waals surface area contributed by atoms with Crippen LogP contribution in [0.2, 0.25) is 0 Å². The van der Waals surface area contributed by atoms with Gasteiger partial charge in [-0.1, -0.05) is 51.1 Å². The summed E-state index contributed by atoms with van der Waals surface area (Å²) in [6.45, 7) is 10.3. The van der Waals surface area contributed by atoms with Gasteiger partial charge in [-0.05, 0) is 66.4 Å². The van der Waals surface area contributed by atoms with E-state index in [1.54, 1.807) is 12.4 Å². The Balaban J connectivity index is 1.45. The first-order valence-corrected chi connectivity index (χ1v) is 13.7. The van der Waals surface area contributed by atoms with Crippen LogP contribution >= 0.6 is 0 Å². The minimum atomic E-state index is -0.0361. The molecule has 0 radical (unpaired) electrons. The number of fused-ring (bicyclic) bond motifs is 1. The monoisotopic (exact) mass is 523 g/mol. The Morgan fingerprint density at radius 2 is 1.92 bits per heavy atom. The van der Waals surface area contributed by atoms with Crippen molar-refractivity contribution in [2.24, 2.45) is 5.41 Å². The van der Waals surface area contributed by atoms with Crippen LogP contribution in [0.5, 0.6) is 11.6 Å². The molecule has 4 aromatic rings. The van der Waals surface area contributed by atoms with Crippen LogP contribution in [0.25, 0.3) is 22.0 Å². The van der Waals surface area contributed by atoms with Crippen LogP contribution < -0.4 is 15.4 Å². The number of pyridine rings is 1. The fourth-order valence-corrected chi connectivity index (χ4v) is 5.16. The van der Waals surface area contributed by atoms with Gasteiger partial charge in [0.1, 0.15) is 11.5 Å². The van der Waals surface area contributed by atoms with E-state index in [1.807, 2.05) is 49.4 Å². The van der Waals surface area contributed by atoms with Crippen molar-refractivity contribution in [2.75, 3.05) is 18.4 Å². The highest BCUT2D eigenvalue weighted by Gasteiger charge is 2.19. The smallest absolute Gasteiger partial charge is 0.228 e. The number of carbonyl (C=O) groups excluding carboxylic acids is 1. The normalized spacial score (nSPS) is 15.7. The summed E-state index contributed by atoms with van der Waals surface area (Å²) in [5, 5.41) is 8.85. The van der Waals surface area contributed by atoms with Gasteiger partial charge >= 0.3 is 0 Å². The number of hydrogen-bond donors (Lipinski definition) is 2. The molecule has 1 atom stereocenters. The molecule has 0 bridgehead atoms. The molecule has 2 N–H and O–H groups in total. The Morgan fingerprint density at radius 1 is 1.05 bits per heavy atom. The van der Waals surface area contributed by atoms with Crippen molar-refractivity contribution in [1.29, 1.82) is 0 Å². The molecule has 2 aromatic carbocycles. The van der Waals surface area contributed by atoms with Gasteiger partial charge in [-0.2, -0.15) is 0 Å². The van der Waals surface area contributed by atoms with Crippen LogP contribution in [-0.2, 0) is 11.2 Å². The van der Waals surface area contributed by atoms with Crippen LogP contribution in [0.3, 0.4) is 0 Å². The predicted molar refractivity (Wildman–Crippen MR) is 156 cm³/mol. The van der Waals surface area contributed by atoms with Gasteiger partial charge in [-0.25, -0.2) is 15.0 Å². The molecule has 1 fully saturated rings. The van der Waals surface area contributed by atoms with E-state index >= 15 is 0 Å². The SMILES string of the molecule is Cc1ccc2c(CC(=O)CC(C)(C)C)cccc2c1Oc1ncccc1-c1ccnc(N[C@H]2CCCNC2)n1. The fourth-order valence-electron chi connectivity index (χ4n) is 5.16. The second-order valence-electron chi connectivity index (χ2n) is 11.6. The van der Waals surface area contributed by atoms with Gasteiger partial charge < -0.3 is 15.4 Å². The number of hydrogen-bond acceptors (Lipinski definition) is 7. The maximum atomic E-state index is 12.8. The second kappa shape index (κ2) is 11.5. The number of nitrogens with one attached hydrogen (secondary N) is 2. The Labute approximate surface area is 230 Å². The summed E-state index contributed by atoms with van der Waals surface area (Å²) < 4.78 is 6.55. The Bertz CT molecular complexity index is 1470. The van der Waals surface area contributed by atoms with Crippen molar-refractivity contribution in [1.82, 2.24) is 20.3 Å². The van der Waals surface area contributed by atoms with E-state index in [9.17, 15) is 4.79 Å². The minimum Gasteiger partial charge on any atom is -0.437 e. The zero-order chi connectivity index (χ0) is 27.4. The topological polar surface area (TPSA) is 89.0 Å². The van der Waals surface area contributed by atoms with E-state index in [0.717, 1.165) is 64.8 Å². The number of nitrogens with zero attached hydrogens (tertiary/aromatic N) is 3. The lowest BCUT2D eigenvalue weighted by Gasteiger charge is -2.23. The number of ether oxygens (including phenoxy) is 1. The van der Waals surface area contributed by atoms with Gasteiger partial charge in [-0.3, -0.25) is 4.79 Å². The molecule has 7 nitrogen and oxygen atoms in total. The fraction of sp³-hybridized carbons (Fsp3) is 0.375. The van der Waals surface area contributed by atoms with Crippen molar-refractivity contribution in [3.63, 3.8) is 0 Å². The van der Waals surface area contributed by atoms with E-state index in [4.69, 9.17) is 9.72 Å².